The minimum absolute atomic E-state index is 0. The Hall–Kier alpha value is -1.06. The van der Waals surface area contributed by atoms with Crippen molar-refractivity contribution in [2.45, 2.75) is 52.4 Å². The van der Waals surface area contributed by atoms with E-state index in [1.807, 2.05) is 86.7 Å². The van der Waals surface area contributed by atoms with Gasteiger partial charge in [-0.3, -0.25) is 10.1 Å². The molecule has 0 atom stereocenters. The van der Waals surface area contributed by atoms with Gasteiger partial charge >= 0.3 is 5.69 Å². The Kier molecular flexibility index (Phi) is 7.41. The molecule has 163 valence electrons. The number of rotatable bonds is 3. The number of hydrogen-bond acceptors (Lipinski definition) is 7. The average Bonchev–Trinajstić information content (AvgIpc) is 3.23. The van der Waals surface area contributed by atoms with Crippen LogP contribution < -0.4 is 0 Å². The minimum Gasteiger partial charge on any atom is -0.443 e. The largest absolute Gasteiger partial charge is 0.443 e. The fraction of sp³-hybridized carbons (Fsp3) is 0.421. The van der Waals surface area contributed by atoms with Crippen LogP contribution in [0.25, 0.3) is 23.2 Å². The van der Waals surface area contributed by atoms with Crippen LogP contribution in [0.4, 0.5) is 5.69 Å². The van der Waals surface area contributed by atoms with Crippen LogP contribution in [0, 0.1) is 17.3 Å². The zero-order valence-corrected chi connectivity index (χ0v) is 22.5. The molecule has 3 aromatic heterocycles. The maximum atomic E-state index is 11.8. The van der Waals surface area contributed by atoms with Crippen LogP contribution in [-0.2, 0) is 27.6 Å². The Labute approximate surface area is 211 Å². The van der Waals surface area contributed by atoms with Crippen LogP contribution >= 0.6 is 45.2 Å². The summed E-state index contributed by atoms with van der Waals surface area (Å²) in [6.07, 6.45) is 3.11. The standard InChI is InChI=1S/C19H20I2N4O4.Co/c1-18(2,3)9-7-28-16(22-9)13-11(20)15(25(26)27)12(21)14(24-13)17-23-10(8-29-17)19(4,5)6;/h7-8H,1-6H3;. The first kappa shape index (κ1) is 25.2. The molecule has 0 amide bonds. The summed E-state index contributed by atoms with van der Waals surface area (Å²) in [6.45, 7) is 12.1. The van der Waals surface area contributed by atoms with Crippen LogP contribution in [0.2, 0.25) is 0 Å². The van der Waals surface area contributed by atoms with E-state index in [0.29, 0.717) is 18.5 Å². The van der Waals surface area contributed by atoms with Crippen molar-refractivity contribution in [3.63, 3.8) is 0 Å². The topological polar surface area (TPSA) is 108 Å². The summed E-state index contributed by atoms with van der Waals surface area (Å²) in [5.41, 5.74) is 1.53. The molecule has 30 heavy (non-hydrogen) atoms. The van der Waals surface area contributed by atoms with Crippen LogP contribution in [-0.4, -0.2) is 19.9 Å². The van der Waals surface area contributed by atoms with Gasteiger partial charge in [0.2, 0.25) is 11.8 Å². The third-order valence-corrected chi connectivity index (χ3v) is 6.23. The van der Waals surface area contributed by atoms with Crippen LogP contribution in [0.5, 0.6) is 0 Å². The molecule has 3 aromatic rings. The summed E-state index contributed by atoms with van der Waals surface area (Å²) in [4.78, 5) is 25.0. The molecule has 1 radical (unpaired) electrons. The van der Waals surface area contributed by atoms with Gasteiger partial charge in [0.05, 0.1) is 16.3 Å². The average molecular weight is 681 g/mol. The first-order valence-electron chi connectivity index (χ1n) is 8.77. The minimum atomic E-state index is -0.431. The second-order valence-electron chi connectivity index (χ2n) is 8.62. The summed E-state index contributed by atoms with van der Waals surface area (Å²) in [5.74, 6) is 0.449. The SMILES string of the molecule is CC(C)(C)c1coc(-c2nc(-c3nc(C(C)(C)C)co3)c(I)c([N+](=O)[O-])c2I)n1.[Co]. The molecule has 3 rings (SSSR count). The molecule has 0 spiro atoms. The first-order chi connectivity index (χ1) is 13.3. The Balaban J connectivity index is 0.00000320. The van der Waals surface area contributed by atoms with Crippen molar-refractivity contribution in [3.8, 4) is 23.2 Å². The Morgan fingerprint density at radius 2 is 1.20 bits per heavy atom. The molecular formula is C19H20CoI2N4O4. The third kappa shape index (κ3) is 4.88. The van der Waals surface area contributed by atoms with E-state index in [1.54, 1.807) is 12.5 Å². The normalized spacial score (nSPS) is 12.0. The van der Waals surface area contributed by atoms with Crippen molar-refractivity contribution in [1.29, 1.82) is 0 Å². The first-order valence-corrected chi connectivity index (χ1v) is 10.9. The molecule has 0 unspecified atom stereocenters. The van der Waals surface area contributed by atoms with Gasteiger partial charge in [-0.2, -0.15) is 0 Å². The Morgan fingerprint density at radius 3 is 1.47 bits per heavy atom. The van der Waals surface area contributed by atoms with E-state index in [0.717, 1.165) is 11.4 Å². The van der Waals surface area contributed by atoms with Gasteiger partial charge in [-0.25, -0.2) is 15.0 Å². The van der Waals surface area contributed by atoms with E-state index in [9.17, 15) is 10.1 Å². The van der Waals surface area contributed by atoms with Gasteiger partial charge in [-0.1, -0.05) is 41.5 Å². The van der Waals surface area contributed by atoms with E-state index in [4.69, 9.17) is 8.83 Å². The number of halogens is 2. The van der Waals surface area contributed by atoms with Gasteiger partial charge in [0.15, 0.2) is 0 Å². The number of pyridine rings is 1. The number of oxazole rings is 2. The van der Waals surface area contributed by atoms with Gasteiger partial charge < -0.3 is 8.83 Å². The quantitative estimate of drug-likeness (QED) is 0.187. The van der Waals surface area contributed by atoms with Gasteiger partial charge in [-0.15, -0.1) is 0 Å². The maximum absolute atomic E-state index is 11.8. The van der Waals surface area contributed by atoms with Crippen molar-refractivity contribution in [2.24, 2.45) is 0 Å². The molecule has 0 N–H and O–H groups in total. The summed E-state index contributed by atoms with van der Waals surface area (Å²) in [7, 11) is 0. The van der Waals surface area contributed by atoms with Gasteiger partial charge in [-0.05, 0) is 45.2 Å². The molecule has 0 saturated heterocycles. The summed E-state index contributed by atoms with van der Waals surface area (Å²) in [6, 6.07) is 0. The van der Waals surface area contributed by atoms with Gasteiger partial charge in [0.25, 0.3) is 0 Å². The summed E-state index contributed by atoms with van der Waals surface area (Å²) in [5, 5.41) is 11.8. The number of hydrogen-bond donors (Lipinski definition) is 0. The van der Waals surface area contributed by atoms with Gasteiger partial charge in [0.1, 0.15) is 31.1 Å². The summed E-state index contributed by atoms with van der Waals surface area (Å²) >= 11 is 3.82. The second kappa shape index (κ2) is 8.82. The molecule has 0 saturated carbocycles. The number of nitrogens with zero attached hydrogens (tertiary/aromatic N) is 4. The molecule has 11 heteroatoms. The van der Waals surface area contributed by atoms with E-state index < -0.39 is 4.92 Å². The van der Waals surface area contributed by atoms with E-state index in [2.05, 4.69) is 15.0 Å². The molecule has 0 aromatic carbocycles. The van der Waals surface area contributed by atoms with Crippen molar-refractivity contribution in [3.05, 3.63) is 41.2 Å². The van der Waals surface area contributed by atoms with Crippen LogP contribution in [0.3, 0.4) is 0 Å². The molecule has 0 fully saturated rings. The zero-order chi connectivity index (χ0) is 21.7. The predicted molar refractivity (Wildman–Crippen MR) is 125 cm³/mol. The van der Waals surface area contributed by atoms with Gasteiger partial charge in [0, 0.05) is 27.6 Å². The van der Waals surface area contributed by atoms with Crippen molar-refractivity contribution in [1.82, 2.24) is 15.0 Å². The van der Waals surface area contributed by atoms with Crippen LogP contribution in [0.1, 0.15) is 52.9 Å². The monoisotopic (exact) mass is 681 g/mol. The Bertz CT molecular complexity index is 1020. The fourth-order valence-corrected chi connectivity index (χ4v) is 4.58. The zero-order valence-electron chi connectivity index (χ0n) is 17.2. The molecule has 0 bridgehead atoms. The van der Waals surface area contributed by atoms with E-state index >= 15 is 0 Å². The third-order valence-electron chi connectivity index (χ3n) is 4.19. The molecule has 0 aliphatic rings. The molecular weight excluding hydrogens is 661 g/mol. The molecule has 8 nitrogen and oxygen atoms in total. The van der Waals surface area contributed by atoms with Crippen molar-refractivity contribution < 1.29 is 30.5 Å². The number of nitro groups is 1. The van der Waals surface area contributed by atoms with E-state index in [1.165, 1.54) is 0 Å². The second-order valence-corrected chi connectivity index (χ2v) is 10.8. The summed E-state index contributed by atoms with van der Waals surface area (Å²) < 4.78 is 12.0. The molecule has 3 heterocycles. The maximum Gasteiger partial charge on any atom is 0.300 e. The van der Waals surface area contributed by atoms with E-state index in [-0.39, 0.29) is 45.1 Å². The number of aromatic nitrogens is 3. The molecule has 0 aliphatic carbocycles. The Morgan fingerprint density at radius 1 is 0.833 bits per heavy atom. The van der Waals surface area contributed by atoms with Crippen molar-refractivity contribution >= 4 is 50.9 Å². The van der Waals surface area contributed by atoms with Crippen LogP contribution in [0.15, 0.2) is 21.4 Å². The predicted octanol–water partition coefficient (Wildman–Crippen LogP) is 6.10. The smallest absolute Gasteiger partial charge is 0.300 e. The van der Waals surface area contributed by atoms with Crippen molar-refractivity contribution in [2.75, 3.05) is 0 Å². The fourth-order valence-electron chi connectivity index (χ4n) is 2.43. The molecule has 0 aliphatic heterocycles.